The van der Waals surface area contributed by atoms with Crippen molar-refractivity contribution in [2.24, 2.45) is 0 Å². The largest absolute Gasteiger partial charge is 0.493 e. The van der Waals surface area contributed by atoms with E-state index in [0.29, 0.717) is 43.1 Å². The molecule has 0 saturated carbocycles. The number of halogens is 1. The summed E-state index contributed by atoms with van der Waals surface area (Å²) in [6, 6.07) is 9.70. The molecule has 1 amide bonds. The van der Waals surface area contributed by atoms with Gasteiger partial charge >= 0.3 is 0 Å². The zero-order valence-corrected chi connectivity index (χ0v) is 16.3. The molecule has 1 heterocycles. The minimum absolute atomic E-state index is 0.0449. The summed E-state index contributed by atoms with van der Waals surface area (Å²) in [6.07, 6.45) is 1.12. The zero-order valence-electron chi connectivity index (χ0n) is 16.3. The van der Waals surface area contributed by atoms with Crippen LogP contribution in [-0.2, 0) is 9.53 Å². The second-order valence-corrected chi connectivity index (χ2v) is 6.80. The van der Waals surface area contributed by atoms with E-state index in [-0.39, 0.29) is 11.7 Å². The lowest BCUT2D eigenvalue weighted by atomic mass is 9.91. The van der Waals surface area contributed by atoms with Crippen molar-refractivity contribution in [3.8, 4) is 17.2 Å². The van der Waals surface area contributed by atoms with E-state index in [4.69, 9.17) is 14.2 Å². The van der Waals surface area contributed by atoms with Gasteiger partial charge in [0.2, 0.25) is 0 Å². The lowest BCUT2D eigenvalue weighted by molar-refractivity contribution is -0.140. The number of amides is 1. The fourth-order valence-electron chi connectivity index (χ4n) is 3.24. The van der Waals surface area contributed by atoms with Crippen molar-refractivity contribution in [2.75, 3.05) is 32.6 Å². The Bertz CT molecular complexity index is 850. The first-order valence-corrected chi connectivity index (χ1v) is 9.17. The van der Waals surface area contributed by atoms with Gasteiger partial charge in [0, 0.05) is 18.9 Å². The lowest BCUT2D eigenvalue weighted by Gasteiger charge is -2.34. The Balaban J connectivity index is 1.74. The van der Waals surface area contributed by atoms with E-state index in [0.717, 1.165) is 5.56 Å². The summed E-state index contributed by atoms with van der Waals surface area (Å²) < 4.78 is 31.0. The number of hydrogen-bond acceptors (Lipinski definition) is 5. The van der Waals surface area contributed by atoms with E-state index in [2.05, 4.69) is 10.6 Å². The molecule has 0 unspecified atom stereocenters. The van der Waals surface area contributed by atoms with Crippen molar-refractivity contribution >= 4 is 11.6 Å². The SMILES string of the molecule is COc1cc(C)ccc1Oc1ccc(NC(=O)C2(OC)CCNCC2)cc1F. The second kappa shape index (κ2) is 8.58. The molecule has 0 atom stereocenters. The first-order chi connectivity index (χ1) is 13.5. The smallest absolute Gasteiger partial charge is 0.256 e. The van der Waals surface area contributed by atoms with Gasteiger partial charge in [-0.15, -0.1) is 0 Å². The number of anilines is 1. The summed E-state index contributed by atoms with van der Waals surface area (Å²) in [5.41, 5.74) is 0.458. The standard InChI is InChI=1S/C21H25FN2O4/c1-14-4-6-18(19(12-14)26-2)28-17-7-5-15(13-16(17)22)24-20(25)21(27-3)8-10-23-11-9-21/h4-7,12-13,23H,8-11H2,1-3H3,(H,24,25). The number of methoxy groups -OCH3 is 2. The Morgan fingerprint density at radius 3 is 2.43 bits per heavy atom. The third-order valence-corrected chi connectivity index (χ3v) is 4.94. The van der Waals surface area contributed by atoms with Gasteiger partial charge in [0.15, 0.2) is 23.1 Å². The van der Waals surface area contributed by atoms with Crippen LogP contribution in [0.3, 0.4) is 0 Å². The molecule has 0 aliphatic carbocycles. The molecule has 2 aromatic rings. The fraction of sp³-hybridized carbons (Fsp3) is 0.381. The van der Waals surface area contributed by atoms with E-state index in [1.807, 2.05) is 19.1 Å². The number of carbonyl (C=O) groups excluding carboxylic acids is 1. The molecule has 0 bridgehead atoms. The molecule has 150 valence electrons. The number of nitrogens with one attached hydrogen (secondary N) is 2. The maximum Gasteiger partial charge on any atom is 0.256 e. The van der Waals surface area contributed by atoms with Crippen molar-refractivity contribution in [1.82, 2.24) is 5.32 Å². The summed E-state index contributed by atoms with van der Waals surface area (Å²) in [5, 5.41) is 5.95. The van der Waals surface area contributed by atoms with Gasteiger partial charge in [0.25, 0.3) is 5.91 Å². The molecule has 0 radical (unpaired) electrons. The van der Waals surface area contributed by atoms with E-state index in [1.165, 1.54) is 26.4 Å². The first kappa shape index (κ1) is 20.1. The molecule has 1 aliphatic rings. The number of carbonyl (C=O) groups is 1. The molecule has 1 fully saturated rings. The molecule has 7 heteroatoms. The van der Waals surface area contributed by atoms with Crippen molar-refractivity contribution in [2.45, 2.75) is 25.4 Å². The summed E-state index contributed by atoms with van der Waals surface area (Å²) in [6.45, 7) is 3.32. The van der Waals surface area contributed by atoms with Gasteiger partial charge in [-0.05, 0) is 62.7 Å². The highest BCUT2D eigenvalue weighted by Crippen LogP contribution is 2.34. The minimum Gasteiger partial charge on any atom is -0.493 e. The van der Waals surface area contributed by atoms with Crippen molar-refractivity contribution in [1.29, 1.82) is 0 Å². The minimum atomic E-state index is -0.897. The average Bonchev–Trinajstić information content (AvgIpc) is 2.71. The van der Waals surface area contributed by atoms with Crippen LogP contribution in [0, 0.1) is 12.7 Å². The number of piperidine rings is 1. The molecule has 0 spiro atoms. The van der Waals surface area contributed by atoms with Crippen LogP contribution in [0.4, 0.5) is 10.1 Å². The normalized spacial score (nSPS) is 15.7. The Labute approximate surface area is 164 Å². The number of rotatable bonds is 6. The van der Waals surface area contributed by atoms with Crippen LogP contribution in [0.5, 0.6) is 17.2 Å². The van der Waals surface area contributed by atoms with Gasteiger partial charge in [0.05, 0.1) is 7.11 Å². The van der Waals surface area contributed by atoms with E-state index in [9.17, 15) is 9.18 Å². The first-order valence-electron chi connectivity index (χ1n) is 9.17. The molecule has 28 heavy (non-hydrogen) atoms. The third kappa shape index (κ3) is 4.26. The van der Waals surface area contributed by atoms with Crippen molar-refractivity contribution in [3.05, 3.63) is 47.8 Å². The van der Waals surface area contributed by atoms with Crippen LogP contribution < -0.4 is 20.1 Å². The molecule has 1 saturated heterocycles. The summed E-state index contributed by atoms with van der Waals surface area (Å²) >= 11 is 0. The fourth-order valence-corrected chi connectivity index (χ4v) is 3.24. The van der Waals surface area contributed by atoms with Gasteiger partial charge in [-0.3, -0.25) is 4.79 Å². The highest BCUT2D eigenvalue weighted by atomic mass is 19.1. The second-order valence-electron chi connectivity index (χ2n) is 6.80. The Morgan fingerprint density at radius 2 is 1.79 bits per heavy atom. The lowest BCUT2D eigenvalue weighted by Crippen LogP contribution is -2.51. The zero-order chi connectivity index (χ0) is 20.1. The molecule has 0 aromatic heterocycles. The van der Waals surface area contributed by atoms with Crippen LogP contribution in [0.2, 0.25) is 0 Å². The summed E-state index contributed by atoms with van der Waals surface area (Å²) in [4.78, 5) is 12.7. The number of ether oxygens (including phenoxy) is 3. The van der Waals surface area contributed by atoms with E-state index < -0.39 is 11.4 Å². The molecule has 2 aromatic carbocycles. The highest BCUT2D eigenvalue weighted by molar-refractivity contribution is 5.97. The van der Waals surface area contributed by atoms with Crippen LogP contribution >= 0.6 is 0 Å². The third-order valence-electron chi connectivity index (χ3n) is 4.94. The van der Waals surface area contributed by atoms with Crippen LogP contribution in [-0.4, -0.2) is 38.8 Å². The molecular weight excluding hydrogens is 363 g/mol. The average molecular weight is 388 g/mol. The number of aryl methyl sites for hydroxylation is 1. The Morgan fingerprint density at radius 1 is 1.07 bits per heavy atom. The van der Waals surface area contributed by atoms with Gasteiger partial charge in [0.1, 0.15) is 5.60 Å². The van der Waals surface area contributed by atoms with Crippen LogP contribution in [0.1, 0.15) is 18.4 Å². The highest BCUT2D eigenvalue weighted by Gasteiger charge is 2.39. The topological polar surface area (TPSA) is 68.8 Å². The Kier molecular flexibility index (Phi) is 6.16. The van der Waals surface area contributed by atoms with Crippen LogP contribution in [0.25, 0.3) is 0 Å². The molecule has 1 aliphatic heterocycles. The van der Waals surface area contributed by atoms with E-state index in [1.54, 1.807) is 12.1 Å². The Hall–Kier alpha value is -2.64. The molecule has 6 nitrogen and oxygen atoms in total. The van der Waals surface area contributed by atoms with Crippen LogP contribution in [0.15, 0.2) is 36.4 Å². The van der Waals surface area contributed by atoms with Crippen molar-refractivity contribution in [3.63, 3.8) is 0 Å². The molecule has 3 rings (SSSR count). The van der Waals surface area contributed by atoms with Gasteiger partial charge in [-0.2, -0.15) is 0 Å². The summed E-state index contributed by atoms with van der Waals surface area (Å²) in [5.74, 6) is 0.118. The number of benzene rings is 2. The monoisotopic (exact) mass is 388 g/mol. The molecule has 2 N–H and O–H groups in total. The number of hydrogen-bond donors (Lipinski definition) is 2. The maximum absolute atomic E-state index is 14.6. The quantitative estimate of drug-likeness (QED) is 0.791. The van der Waals surface area contributed by atoms with E-state index >= 15 is 0 Å². The predicted octanol–water partition coefficient (Wildman–Crippen LogP) is 3.64. The van der Waals surface area contributed by atoms with Gasteiger partial charge in [-0.1, -0.05) is 6.07 Å². The maximum atomic E-state index is 14.6. The summed E-state index contributed by atoms with van der Waals surface area (Å²) in [7, 11) is 3.06. The predicted molar refractivity (Wildman–Crippen MR) is 105 cm³/mol. The van der Waals surface area contributed by atoms with Gasteiger partial charge < -0.3 is 24.8 Å². The molecular formula is C21H25FN2O4. The van der Waals surface area contributed by atoms with Gasteiger partial charge in [-0.25, -0.2) is 4.39 Å². The van der Waals surface area contributed by atoms with Crippen molar-refractivity contribution < 1.29 is 23.4 Å².